The Morgan fingerprint density at radius 2 is 1.62 bits per heavy atom. The summed E-state index contributed by atoms with van der Waals surface area (Å²) in [6, 6.07) is 23.7. The van der Waals surface area contributed by atoms with Crippen LogP contribution in [0.4, 0.5) is 0 Å². The van der Waals surface area contributed by atoms with Crippen LogP contribution in [0.5, 0.6) is 17.2 Å². The normalized spacial score (nSPS) is 12.3. The molecule has 5 nitrogen and oxygen atoms in total. The molecular weight excluding hydrogens is 366 g/mol. The quantitative estimate of drug-likeness (QED) is 0.669. The van der Waals surface area contributed by atoms with E-state index >= 15 is 0 Å². The SMILES string of the molecule is O=C(COc1ccccc1Cc1ccccc1)NCc1cccc2c1OCCO2. The summed E-state index contributed by atoms with van der Waals surface area (Å²) in [6.45, 7) is 1.37. The van der Waals surface area contributed by atoms with E-state index in [4.69, 9.17) is 14.2 Å². The summed E-state index contributed by atoms with van der Waals surface area (Å²) in [5.41, 5.74) is 3.14. The largest absolute Gasteiger partial charge is 0.486 e. The lowest BCUT2D eigenvalue weighted by Gasteiger charge is -2.21. The summed E-state index contributed by atoms with van der Waals surface area (Å²) in [7, 11) is 0. The van der Waals surface area contributed by atoms with Gasteiger partial charge in [0, 0.05) is 18.5 Å². The first kappa shape index (κ1) is 18.9. The van der Waals surface area contributed by atoms with Crippen molar-refractivity contribution in [1.29, 1.82) is 0 Å². The average molecular weight is 389 g/mol. The van der Waals surface area contributed by atoms with Crippen LogP contribution in [0.15, 0.2) is 72.8 Å². The van der Waals surface area contributed by atoms with Crippen molar-refractivity contribution in [2.24, 2.45) is 0 Å². The van der Waals surface area contributed by atoms with Crippen LogP contribution in [0.1, 0.15) is 16.7 Å². The van der Waals surface area contributed by atoms with Crippen LogP contribution >= 0.6 is 0 Å². The van der Waals surface area contributed by atoms with Crippen molar-refractivity contribution < 1.29 is 19.0 Å². The molecule has 0 aromatic heterocycles. The molecule has 1 aliphatic heterocycles. The number of carbonyl (C=O) groups is 1. The van der Waals surface area contributed by atoms with Gasteiger partial charge in [-0.05, 0) is 23.3 Å². The first-order valence-corrected chi connectivity index (χ1v) is 9.68. The molecule has 1 N–H and O–H groups in total. The van der Waals surface area contributed by atoms with Crippen LogP contribution in [-0.2, 0) is 17.8 Å². The Morgan fingerprint density at radius 3 is 2.52 bits per heavy atom. The molecule has 0 aliphatic carbocycles. The number of rotatable bonds is 7. The maximum Gasteiger partial charge on any atom is 0.258 e. The molecule has 5 heteroatoms. The van der Waals surface area contributed by atoms with Gasteiger partial charge in [-0.15, -0.1) is 0 Å². The summed E-state index contributed by atoms with van der Waals surface area (Å²) < 4.78 is 17.1. The number of ether oxygens (including phenoxy) is 3. The highest BCUT2D eigenvalue weighted by Crippen LogP contribution is 2.33. The highest BCUT2D eigenvalue weighted by molar-refractivity contribution is 5.77. The van der Waals surface area contributed by atoms with Crippen LogP contribution in [0, 0.1) is 0 Å². The third-order valence-electron chi connectivity index (χ3n) is 4.69. The number of nitrogens with one attached hydrogen (secondary N) is 1. The van der Waals surface area contributed by atoms with Gasteiger partial charge in [0.05, 0.1) is 0 Å². The molecule has 29 heavy (non-hydrogen) atoms. The summed E-state index contributed by atoms with van der Waals surface area (Å²) in [4.78, 5) is 12.3. The zero-order valence-corrected chi connectivity index (χ0v) is 16.1. The second-order valence-corrected chi connectivity index (χ2v) is 6.78. The van der Waals surface area contributed by atoms with Gasteiger partial charge in [-0.2, -0.15) is 0 Å². The molecule has 0 atom stereocenters. The van der Waals surface area contributed by atoms with Gasteiger partial charge in [-0.25, -0.2) is 0 Å². The molecule has 148 valence electrons. The highest BCUT2D eigenvalue weighted by Gasteiger charge is 2.16. The smallest absolute Gasteiger partial charge is 0.258 e. The van der Waals surface area contributed by atoms with E-state index in [1.165, 1.54) is 5.56 Å². The van der Waals surface area contributed by atoms with Crippen molar-refractivity contribution in [3.05, 3.63) is 89.5 Å². The van der Waals surface area contributed by atoms with Crippen molar-refractivity contribution in [2.45, 2.75) is 13.0 Å². The van der Waals surface area contributed by atoms with E-state index in [0.717, 1.165) is 23.3 Å². The average Bonchev–Trinajstić information content (AvgIpc) is 2.78. The number of carbonyl (C=O) groups excluding carboxylic acids is 1. The van der Waals surface area contributed by atoms with E-state index < -0.39 is 0 Å². The topological polar surface area (TPSA) is 56.8 Å². The summed E-state index contributed by atoms with van der Waals surface area (Å²) in [5, 5.41) is 2.89. The molecule has 0 fully saturated rings. The number of para-hydroxylation sites is 2. The van der Waals surface area contributed by atoms with Crippen LogP contribution in [0.2, 0.25) is 0 Å². The second kappa shape index (κ2) is 9.15. The van der Waals surface area contributed by atoms with Gasteiger partial charge >= 0.3 is 0 Å². The molecule has 0 unspecified atom stereocenters. The van der Waals surface area contributed by atoms with E-state index in [0.29, 0.717) is 31.3 Å². The maximum absolute atomic E-state index is 12.3. The molecule has 4 rings (SSSR count). The molecule has 3 aromatic rings. The zero-order valence-electron chi connectivity index (χ0n) is 16.1. The molecule has 3 aromatic carbocycles. The van der Waals surface area contributed by atoms with Crippen molar-refractivity contribution in [1.82, 2.24) is 5.32 Å². The Hall–Kier alpha value is -3.47. The fourth-order valence-corrected chi connectivity index (χ4v) is 3.27. The minimum atomic E-state index is -0.186. The van der Waals surface area contributed by atoms with Crippen LogP contribution in [0.3, 0.4) is 0 Å². The molecule has 0 spiro atoms. The van der Waals surface area contributed by atoms with E-state index in [1.54, 1.807) is 0 Å². The second-order valence-electron chi connectivity index (χ2n) is 6.78. The van der Waals surface area contributed by atoms with Crippen molar-refractivity contribution in [2.75, 3.05) is 19.8 Å². The Morgan fingerprint density at radius 1 is 0.862 bits per heavy atom. The van der Waals surface area contributed by atoms with Gasteiger partial charge in [-0.1, -0.05) is 60.7 Å². The van der Waals surface area contributed by atoms with Gasteiger partial charge in [-0.3, -0.25) is 4.79 Å². The third-order valence-corrected chi connectivity index (χ3v) is 4.69. The van der Waals surface area contributed by atoms with Crippen molar-refractivity contribution in [3.63, 3.8) is 0 Å². The van der Waals surface area contributed by atoms with Crippen molar-refractivity contribution >= 4 is 5.91 Å². The predicted octanol–water partition coefficient (Wildman–Crippen LogP) is 3.74. The first-order valence-electron chi connectivity index (χ1n) is 9.68. The van der Waals surface area contributed by atoms with E-state index in [1.807, 2.05) is 60.7 Å². The molecular formula is C24H23NO4. The van der Waals surface area contributed by atoms with E-state index in [-0.39, 0.29) is 12.5 Å². The molecule has 0 saturated heterocycles. The monoisotopic (exact) mass is 389 g/mol. The predicted molar refractivity (Wildman–Crippen MR) is 110 cm³/mol. The lowest BCUT2D eigenvalue weighted by atomic mass is 10.0. The van der Waals surface area contributed by atoms with Gasteiger partial charge < -0.3 is 19.5 Å². The molecule has 1 aliphatic rings. The minimum absolute atomic E-state index is 0.0435. The number of hydrogen-bond acceptors (Lipinski definition) is 4. The van der Waals surface area contributed by atoms with Crippen LogP contribution < -0.4 is 19.5 Å². The van der Waals surface area contributed by atoms with Gasteiger partial charge in [0.1, 0.15) is 19.0 Å². The Labute approximate surface area is 170 Å². The molecule has 1 amide bonds. The van der Waals surface area contributed by atoms with Gasteiger partial charge in [0.25, 0.3) is 5.91 Å². The Kier molecular flexibility index (Phi) is 5.95. The summed E-state index contributed by atoms with van der Waals surface area (Å²) >= 11 is 0. The molecule has 1 heterocycles. The highest BCUT2D eigenvalue weighted by atomic mass is 16.6. The van der Waals surface area contributed by atoms with Gasteiger partial charge in [0.2, 0.25) is 0 Å². The molecule has 0 bridgehead atoms. The molecule has 0 radical (unpaired) electrons. The number of benzene rings is 3. The standard InChI is InChI=1S/C24H23NO4/c26-23(25-16-20-10-6-12-22-24(20)28-14-13-27-22)17-29-21-11-5-4-9-19(21)15-18-7-2-1-3-8-18/h1-12H,13-17H2,(H,25,26). The summed E-state index contributed by atoms with van der Waals surface area (Å²) in [5.74, 6) is 1.96. The Bertz CT molecular complexity index is 972. The third kappa shape index (κ3) is 4.88. The van der Waals surface area contributed by atoms with Crippen molar-refractivity contribution in [3.8, 4) is 17.2 Å². The number of fused-ring (bicyclic) bond motifs is 1. The fraction of sp³-hybridized carbons (Fsp3) is 0.208. The van der Waals surface area contributed by atoms with Gasteiger partial charge in [0.15, 0.2) is 18.1 Å². The minimum Gasteiger partial charge on any atom is -0.486 e. The Balaban J connectivity index is 1.34. The van der Waals surface area contributed by atoms with E-state index in [2.05, 4.69) is 17.4 Å². The van der Waals surface area contributed by atoms with E-state index in [9.17, 15) is 4.79 Å². The summed E-state index contributed by atoms with van der Waals surface area (Å²) in [6.07, 6.45) is 0.756. The number of hydrogen-bond donors (Lipinski definition) is 1. The zero-order chi connectivity index (χ0) is 19.9. The number of amides is 1. The lowest BCUT2D eigenvalue weighted by Crippen LogP contribution is -2.29. The lowest BCUT2D eigenvalue weighted by molar-refractivity contribution is -0.123. The fourth-order valence-electron chi connectivity index (χ4n) is 3.27. The first-order chi connectivity index (χ1) is 14.3. The maximum atomic E-state index is 12.3. The molecule has 0 saturated carbocycles. The van der Waals surface area contributed by atoms with Crippen LogP contribution in [-0.4, -0.2) is 25.7 Å². The van der Waals surface area contributed by atoms with Crippen LogP contribution in [0.25, 0.3) is 0 Å².